The number of ether oxygens (including phenoxy) is 2. The molecular formula is C33H28Br2Cl2N2O4S. The van der Waals surface area contributed by atoms with Gasteiger partial charge in [-0.1, -0.05) is 78.7 Å². The summed E-state index contributed by atoms with van der Waals surface area (Å²) in [6.07, 6.45) is 1.81. The first-order chi connectivity index (χ1) is 21.0. The smallest absolute Gasteiger partial charge is 0.338 e. The van der Waals surface area contributed by atoms with Gasteiger partial charge in [-0.3, -0.25) is 9.36 Å². The molecule has 1 aliphatic rings. The molecule has 1 atom stereocenters. The van der Waals surface area contributed by atoms with Crippen LogP contribution in [0, 0.1) is 0 Å². The van der Waals surface area contributed by atoms with Crippen LogP contribution in [0.25, 0.3) is 6.08 Å². The fourth-order valence-corrected chi connectivity index (χ4v) is 7.87. The molecule has 0 bridgehead atoms. The molecule has 2 heterocycles. The second-order valence-corrected chi connectivity index (χ2v) is 14.0. The van der Waals surface area contributed by atoms with E-state index in [1.54, 1.807) is 30.5 Å². The van der Waals surface area contributed by atoms with Crippen molar-refractivity contribution in [2.45, 2.75) is 46.3 Å². The topological polar surface area (TPSA) is 69.9 Å². The van der Waals surface area contributed by atoms with E-state index >= 15 is 0 Å². The lowest BCUT2D eigenvalue weighted by atomic mass is 9.93. The van der Waals surface area contributed by atoms with E-state index in [2.05, 4.69) is 50.7 Å². The van der Waals surface area contributed by atoms with E-state index in [-0.39, 0.29) is 18.8 Å². The van der Waals surface area contributed by atoms with Gasteiger partial charge in [0.15, 0.2) is 4.80 Å². The highest BCUT2D eigenvalue weighted by Crippen LogP contribution is 2.36. The van der Waals surface area contributed by atoms with Gasteiger partial charge < -0.3 is 9.47 Å². The van der Waals surface area contributed by atoms with Gasteiger partial charge in [-0.15, -0.1) is 0 Å². The lowest BCUT2D eigenvalue weighted by Crippen LogP contribution is -2.39. The second kappa shape index (κ2) is 13.7. The number of aromatic nitrogens is 1. The molecule has 0 N–H and O–H groups in total. The molecule has 44 heavy (non-hydrogen) atoms. The van der Waals surface area contributed by atoms with Gasteiger partial charge in [-0.2, -0.15) is 0 Å². The van der Waals surface area contributed by atoms with Gasteiger partial charge in [0.1, 0.15) is 12.4 Å². The normalized spacial score (nSPS) is 14.9. The molecule has 0 aliphatic carbocycles. The zero-order chi connectivity index (χ0) is 31.7. The predicted octanol–water partition coefficient (Wildman–Crippen LogP) is 8.33. The third kappa shape index (κ3) is 6.77. The molecule has 3 aromatic carbocycles. The molecule has 228 valence electrons. The number of hydrogen-bond acceptors (Lipinski definition) is 6. The Morgan fingerprint density at radius 1 is 1.09 bits per heavy atom. The lowest BCUT2D eigenvalue weighted by molar-refractivity contribution is -0.139. The molecule has 0 amide bonds. The van der Waals surface area contributed by atoms with E-state index in [4.69, 9.17) is 32.7 Å². The van der Waals surface area contributed by atoms with Crippen LogP contribution in [-0.2, 0) is 16.1 Å². The van der Waals surface area contributed by atoms with Crippen molar-refractivity contribution in [1.29, 1.82) is 0 Å². The summed E-state index contributed by atoms with van der Waals surface area (Å²) in [6.45, 7) is 8.24. The van der Waals surface area contributed by atoms with Crippen molar-refractivity contribution in [3.05, 3.63) is 127 Å². The van der Waals surface area contributed by atoms with Crippen LogP contribution in [0.1, 0.15) is 61.9 Å². The maximum absolute atomic E-state index is 14.0. The van der Waals surface area contributed by atoms with Crippen molar-refractivity contribution in [3.8, 4) is 5.75 Å². The van der Waals surface area contributed by atoms with Crippen molar-refractivity contribution >= 4 is 78.4 Å². The minimum Gasteiger partial charge on any atom is -0.486 e. The number of fused-ring (bicyclic) bond motifs is 1. The summed E-state index contributed by atoms with van der Waals surface area (Å²) in [4.78, 5) is 32.4. The molecule has 0 saturated carbocycles. The molecule has 1 aromatic heterocycles. The third-order valence-corrected chi connectivity index (χ3v) is 9.89. The summed E-state index contributed by atoms with van der Waals surface area (Å²) >= 11 is 20.8. The number of halogens is 4. The second-order valence-electron chi connectivity index (χ2n) is 10.5. The monoisotopic (exact) mass is 776 g/mol. The van der Waals surface area contributed by atoms with E-state index < -0.39 is 12.0 Å². The first-order valence-electron chi connectivity index (χ1n) is 13.8. The molecule has 6 nitrogen and oxygen atoms in total. The molecule has 0 spiro atoms. The number of allylic oxidation sites excluding steroid dienone is 1. The minimum atomic E-state index is -0.664. The van der Waals surface area contributed by atoms with Crippen molar-refractivity contribution in [1.82, 2.24) is 4.57 Å². The number of nitrogens with zero attached hydrogens (tertiary/aromatic N) is 2. The Balaban J connectivity index is 1.55. The van der Waals surface area contributed by atoms with Crippen molar-refractivity contribution < 1.29 is 14.3 Å². The Labute approximate surface area is 285 Å². The maximum Gasteiger partial charge on any atom is 0.338 e. The highest BCUT2D eigenvalue weighted by molar-refractivity contribution is 9.11. The molecule has 4 aromatic rings. The van der Waals surface area contributed by atoms with Gasteiger partial charge >= 0.3 is 5.97 Å². The number of carbonyl (C=O) groups is 1. The molecule has 5 rings (SSSR count). The largest absolute Gasteiger partial charge is 0.486 e. The number of carbonyl (C=O) groups excluding carboxylic acids is 1. The average Bonchev–Trinajstić information content (AvgIpc) is 3.26. The van der Waals surface area contributed by atoms with Crippen LogP contribution >= 0.6 is 66.4 Å². The van der Waals surface area contributed by atoms with Crippen molar-refractivity contribution in [2.24, 2.45) is 4.99 Å². The molecule has 0 radical (unpaired) electrons. The summed E-state index contributed by atoms with van der Waals surface area (Å²) in [6, 6.07) is 16.4. The summed E-state index contributed by atoms with van der Waals surface area (Å²) < 4.78 is 14.9. The molecule has 0 saturated heterocycles. The maximum atomic E-state index is 14.0. The van der Waals surface area contributed by atoms with Crippen LogP contribution in [0.5, 0.6) is 5.75 Å². The van der Waals surface area contributed by atoms with Crippen molar-refractivity contribution in [2.75, 3.05) is 6.61 Å². The van der Waals surface area contributed by atoms with Gasteiger partial charge in [-0.25, -0.2) is 9.79 Å². The number of thiazole rings is 1. The van der Waals surface area contributed by atoms with E-state index in [0.29, 0.717) is 51.3 Å². The third-order valence-electron chi connectivity index (χ3n) is 7.14. The highest BCUT2D eigenvalue weighted by atomic mass is 79.9. The molecule has 1 aliphatic heterocycles. The van der Waals surface area contributed by atoms with Crippen LogP contribution < -0.4 is 19.6 Å². The Bertz CT molecular complexity index is 1940. The van der Waals surface area contributed by atoms with E-state index in [1.807, 2.05) is 48.5 Å². The van der Waals surface area contributed by atoms with Gasteiger partial charge in [-0.05, 0) is 98.7 Å². The number of hydrogen-bond donors (Lipinski definition) is 0. The van der Waals surface area contributed by atoms with Crippen LogP contribution in [0.15, 0.2) is 84.6 Å². The Morgan fingerprint density at radius 3 is 2.39 bits per heavy atom. The van der Waals surface area contributed by atoms with Crippen LogP contribution in [0.2, 0.25) is 10.0 Å². The SMILES string of the molecule is CCOC(=O)C1=C(C)N=c2s/c(=C\c3cc(Br)c(OCc4ccc(Cl)cc4Cl)c(Br)c3)c(=O)n2[C@@H]1c1ccc(C(C)C)cc1. The van der Waals surface area contributed by atoms with Gasteiger partial charge in [0.05, 0.1) is 37.4 Å². The Morgan fingerprint density at radius 2 is 1.77 bits per heavy atom. The first-order valence-corrected chi connectivity index (χ1v) is 17.0. The molecular weight excluding hydrogens is 751 g/mol. The van der Waals surface area contributed by atoms with Crippen LogP contribution in [-0.4, -0.2) is 17.1 Å². The average molecular weight is 779 g/mol. The first kappa shape index (κ1) is 32.7. The van der Waals surface area contributed by atoms with Gasteiger partial charge in [0.25, 0.3) is 5.56 Å². The highest BCUT2D eigenvalue weighted by Gasteiger charge is 2.33. The van der Waals surface area contributed by atoms with E-state index in [9.17, 15) is 9.59 Å². The summed E-state index contributed by atoms with van der Waals surface area (Å²) in [5.74, 6) is 0.456. The molecule has 0 unspecified atom stereocenters. The summed E-state index contributed by atoms with van der Waals surface area (Å²) in [5.41, 5.74) is 4.19. The lowest BCUT2D eigenvalue weighted by Gasteiger charge is -2.25. The summed E-state index contributed by atoms with van der Waals surface area (Å²) in [5, 5.41) is 1.07. The summed E-state index contributed by atoms with van der Waals surface area (Å²) in [7, 11) is 0. The standard InChI is InChI=1S/C33H28Br2Cl2N2O4S/c1-5-42-32(41)28-18(4)38-33-39(29(28)21-8-6-20(7-9-21)17(2)3)31(40)27(44-33)14-19-12-24(34)30(25(35)13-19)43-16-22-10-11-23(36)15-26(22)37/h6-15,17,29H,5,16H2,1-4H3/b27-14-/t29-/m1/s1. The van der Waals surface area contributed by atoms with Gasteiger partial charge in [0.2, 0.25) is 0 Å². The number of esters is 1. The quantitative estimate of drug-likeness (QED) is 0.169. The molecule has 0 fully saturated rings. The van der Waals surface area contributed by atoms with Crippen LogP contribution in [0.3, 0.4) is 0 Å². The van der Waals surface area contributed by atoms with Crippen LogP contribution in [0.4, 0.5) is 0 Å². The fourth-order valence-electron chi connectivity index (χ4n) is 4.91. The van der Waals surface area contributed by atoms with Crippen molar-refractivity contribution in [3.63, 3.8) is 0 Å². The Hall–Kier alpha value is -2.69. The fraction of sp³-hybridized carbons (Fsp3) is 0.242. The zero-order valence-corrected chi connectivity index (χ0v) is 29.8. The number of rotatable bonds is 8. The molecule has 11 heteroatoms. The van der Waals surface area contributed by atoms with E-state index in [0.717, 1.165) is 16.7 Å². The minimum absolute atomic E-state index is 0.218. The van der Waals surface area contributed by atoms with E-state index in [1.165, 1.54) is 16.9 Å². The number of benzene rings is 3. The zero-order valence-electron chi connectivity index (χ0n) is 24.3. The van der Waals surface area contributed by atoms with Gasteiger partial charge in [0, 0.05) is 15.6 Å². The Kier molecular flexibility index (Phi) is 10.2. The predicted molar refractivity (Wildman–Crippen MR) is 184 cm³/mol.